The van der Waals surface area contributed by atoms with E-state index in [1.807, 2.05) is 13.8 Å². The Labute approximate surface area is 169 Å². The zero-order chi connectivity index (χ0) is 20.5. The van der Waals surface area contributed by atoms with Crippen molar-refractivity contribution < 1.29 is 18.8 Å². The van der Waals surface area contributed by atoms with Crippen molar-refractivity contribution in [3.05, 3.63) is 35.6 Å². The molecule has 0 radical (unpaired) electrons. The number of carbonyl (C=O) groups is 2. The first-order chi connectivity index (χ1) is 13.9. The number of amidine groups is 1. The lowest BCUT2D eigenvalue weighted by molar-refractivity contribution is -0.126. The molecule has 1 aromatic rings. The molecule has 3 aliphatic heterocycles. The fourth-order valence-corrected chi connectivity index (χ4v) is 4.32. The van der Waals surface area contributed by atoms with Crippen LogP contribution in [0.1, 0.15) is 37.0 Å². The van der Waals surface area contributed by atoms with E-state index in [1.54, 1.807) is 4.90 Å². The number of piperidine rings is 1. The maximum absolute atomic E-state index is 13.1. The minimum Gasteiger partial charge on any atom is -0.388 e. The number of rotatable bonds is 3. The van der Waals surface area contributed by atoms with Gasteiger partial charge < -0.3 is 20.0 Å². The summed E-state index contributed by atoms with van der Waals surface area (Å²) < 4.78 is 13.1. The number of halogens is 1. The Morgan fingerprint density at radius 3 is 2.52 bits per heavy atom. The molecule has 0 aliphatic carbocycles. The van der Waals surface area contributed by atoms with Crippen LogP contribution in [0.15, 0.2) is 29.4 Å². The number of amides is 2. The van der Waals surface area contributed by atoms with Gasteiger partial charge in [-0.1, -0.05) is 5.16 Å². The van der Waals surface area contributed by atoms with E-state index >= 15 is 0 Å². The third kappa shape index (κ3) is 4.06. The van der Waals surface area contributed by atoms with Gasteiger partial charge in [-0.25, -0.2) is 4.39 Å². The molecule has 0 aromatic heterocycles. The van der Waals surface area contributed by atoms with E-state index in [4.69, 9.17) is 4.84 Å². The van der Waals surface area contributed by atoms with E-state index in [9.17, 15) is 14.0 Å². The number of fused-ring (bicyclic) bond motifs is 1. The Hall–Kier alpha value is -2.64. The number of hydrogen-bond acceptors (Lipinski definition) is 5. The lowest BCUT2D eigenvalue weighted by Crippen LogP contribution is -2.46. The highest BCUT2D eigenvalue weighted by molar-refractivity contribution is 5.95. The fourth-order valence-electron chi connectivity index (χ4n) is 4.32. The van der Waals surface area contributed by atoms with E-state index in [1.165, 1.54) is 24.3 Å². The Bertz CT molecular complexity index is 803. The standard InChI is InChI=1S/C21H27FN4O3/c1-13(2)23-20(27)14-7-9-25(10-8-14)19-17-11-26(12-18(17)29-24-19)21(28)15-3-5-16(22)6-4-15/h3-6,13-14,17-18H,7-12H2,1-2H3,(H,23,27)/t17-,18+/m1/s1. The molecule has 2 fully saturated rings. The molecule has 0 unspecified atom stereocenters. The van der Waals surface area contributed by atoms with Crippen molar-refractivity contribution in [3.63, 3.8) is 0 Å². The molecule has 2 saturated heterocycles. The summed E-state index contributed by atoms with van der Waals surface area (Å²) >= 11 is 0. The van der Waals surface area contributed by atoms with Crippen molar-refractivity contribution in [1.29, 1.82) is 0 Å². The molecule has 2 atom stereocenters. The number of oxime groups is 1. The normalized spacial score (nSPS) is 24.3. The van der Waals surface area contributed by atoms with Gasteiger partial charge in [0.15, 0.2) is 11.9 Å². The summed E-state index contributed by atoms with van der Waals surface area (Å²) in [5, 5.41) is 7.29. The van der Waals surface area contributed by atoms with Gasteiger partial charge >= 0.3 is 0 Å². The predicted molar refractivity (Wildman–Crippen MR) is 106 cm³/mol. The van der Waals surface area contributed by atoms with E-state index in [0.717, 1.165) is 31.8 Å². The average molecular weight is 402 g/mol. The number of nitrogens with zero attached hydrogens (tertiary/aromatic N) is 3. The number of carbonyl (C=O) groups excluding carboxylic acids is 2. The molecule has 8 heteroatoms. The molecule has 0 bridgehead atoms. The average Bonchev–Trinajstić information content (AvgIpc) is 3.28. The number of likely N-dealkylation sites (tertiary alicyclic amines) is 2. The number of benzene rings is 1. The predicted octanol–water partition coefficient (Wildman–Crippen LogP) is 1.85. The van der Waals surface area contributed by atoms with Crippen LogP contribution < -0.4 is 5.32 Å². The maximum atomic E-state index is 13.1. The van der Waals surface area contributed by atoms with Crippen molar-refractivity contribution in [2.45, 2.75) is 38.8 Å². The molecule has 3 aliphatic rings. The first-order valence-corrected chi connectivity index (χ1v) is 10.3. The van der Waals surface area contributed by atoms with Crippen molar-refractivity contribution in [1.82, 2.24) is 15.1 Å². The number of nitrogens with one attached hydrogen (secondary N) is 1. The highest BCUT2D eigenvalue weighted by atomic mass is 19.1. The SMILES string of the molecule is CC(C)NC(=O)C1CCN(C2=NO[C@H]3CN(C(=O)c4ccc(F)cc4)C[C@@H]23)CC1. The summed E-state index contributed by atoms with van der Waals surface area (Å²) in [5.41, 5.74) is 0.474. The molecule has 3 heterocycles. The van der Waals surface area contributed by atoms with Gasteiger partial charge in [-0.2, -0.15) is 0 Å². The molecule has 0 saturated carbocycles. The second-order valence-electron chi connectivity index (χ2n) is 8.34. The van der Waals surface area contributed by atoms with Gasteiger partial charge in [-0.15, -0.1) is 0 Å². The molecule has 1 aromatic carbocycles. The van der Waals surface area contributed by atoms with Crippen LogP contribution in [-0.2, 0) is 9.63 Å². The third-order valence-electron chi connectivity index (χ3n) is 5.88. The lowest BCUT2D eigenvalue weighted by atomic mass is 9.94. The van der Waals surface area contributed by atoms with Crippen LogP contribution in [0.25, 0.3) is 0 Å². The summed E-state index contributed by atoms with van der Waals surface area (Å²) in [6.07, 6.45) is 1.43. The minimum atomic E-state index is -0.358. The van der Waals surface area contributed by atoms with Crippen LogP contribution in [0.4, 0.5) is 4.39 Å². The molecule has 29 heavy (non-hydrogen) atoms. The second-order valence-corrected chi connectivity index (χ2v) is 8.34. The Morgan fingerprint density at radius 1 is 1.17 bits per heavy atom. The largest absolute Gasteiger partial charge is 0.388 e. The molecule has 7 nitrogen and oxygen atoms in total. The van der Waals surface area contributed by atoms with Gasteiger partial charge in [-0.3, -0.25) is 9.59 Å². The molecular weight excluding hydrogens is 375 g/mol. The van der Waals surface area contributed by atoms with Crippen LogP contribution >= 0.6 is 0 Å². The summed E-state index contributed by atoms with van der Waals surface area (Å²) in [6, 6.07) is 5.76. The van der Waals surface area contributed by atoms with Crippen LogP contribution in [0.5, 0.6) is 0 Å². The van der Waals surface area contributed by atoms with E-state index in [2.05, 4.69) is 15.4 Å². The van der Waals surface area contributed by atoms with E-state index in [-0.39, 0.29) is 41.6 Å². The van der Waals surface area contributed by atoms with Gasteiger partial charge in [0.25, 0.3) is 5.91 Å². The summed E-state index contributed by atoms with van der Waals surface area (Å²) in [7, 11) is 0. The smallest absolute Gasteiger partial charge is 0.254 e. The van der Waals surface area contributed by atoms with Gasteiger partial charge in [0.1, 0.15) is 5.82 Å². The molecular formula is C21H27FN4O3. The van der Waals surface area contributed by atoms with Crippen molar-refractivity contribution in [2.24, 2.45) is 17.0 Å². The van der Waals surface area contributed by atoms with Gasteiger partial charge in [0.2, 0.25) is 5.91 Å². The molecule has 2 amide bonds. The molecule has 1 N–H and O–H groups in total. The molecule has 0 spiro atoms. The highest BCUT2D eigenvalue weighted by Gasteiger charge is 2.46. The second kappa shape index (κ2) is 8.00. The van der Waals surface area contributed by atoms with Crippen molar-refractivity contribution in [3.8, 4) is 0 Å². The van der Waals surface area contributed by atoms with Gasteiger partial charge in [-0.05, 0) is 51.0 Å². The van der Waals surface area contributed by atoms with E-state index in [0.29, 0.717) is 18.7 Å². The highest BCUT2D eigenvalue weighted by Crippen LogP contribution is 2.31. The zero-order valence-electron chi connectivity index (χ0n) is 16.8. The van der Waals surface area contributed by atoms with Crippen molar-refractivity contribution in [2.75, 3.05) is 26.2 Å². The van der Waals surface area contributed by atoms with Crippen LogP contribution in [0, 0.1) is 17.7 Å². The Balaban J connectivity index is 1.34. The lowest BCUT2D eigenvalue weighted by Gasteiger charge is -2.34. The van der Waals surface area contributed by atoms with Crippen molar-refractivity contribution >= 4 is 17.6 Å². The minimum absolute atomic E-state index is 0.0347. The molecule has 4 rings (SSSR count). The first-order valence-electron chi connectivity index (χ1n) is 10.3. The summed E-state index contributed by atoms with van der Waals surface area (Å²) in [6.45, 7) is 6.46. The van der Waals surface area contributed by atoms with Crippen LogP contribution in [0.2, 0.25) is 0 Å². The summed E-state index contributed by atoms with van der Waals surface area (Å²) in [4.78, 5) is 34.5. The maximum Gasteiger partial charge on any atom is 0.254 e. The first kappa shape index (κ1) is 19.7. The van der Waals surface area contributed by atoms with Crippen LogP contribution in [0.3, 0.4) is 0 Å². The van der Waals surface area contributed by atoms with Gasteiger partial charge in [0.05, 0.1) is 12.5 Å². The fraction of sp³-hybridized carbons (Fsp3) is 0.571. The Kier molecular flexibility index (Phi) is 5.43. The summed E-state index contributed by atoms with van der Waals surface area (Å²) in [5.74, 6) is 0.605. The van der Waals surface area contributed by atoms with Crippen LogP contribution in [-0.4, -0.2) is 65.8 Å². The number of hydrogen-bond donors (Lipinski definition) is 1. The van der Waals surface area contributed by atoms with Gasteiger partial charge in [0, 0.05) is 37.2 Å². The quantitative estimate of drug-likeness (QED) is 0.837. The zero-order valence-corrected chi connectivity index (χ0v) is 16.8. The Morgan fingerprint density at radius 2 is 1.86 bits per heavy atom. The monoisotopic (exact) mass is 402 g/mol. The topological polar surface area (TPSA) is 74.2 Å². The molecule has 156 valence electrons. The third-order valence-corrected chi connectivity index (χ3v) is 5.88. The van der Waals surface area contributed by atoms with E-state index < -0.39 is 0 Å².